The first kappa shape index (κ1) is 12.5. The summed E-state index contributed by atoms with van der Waals surface area (Å²) < 4.78 is 0. The molecular weight excluding hydrogens is 232 g/mol. The smallest absolute Gasteiger partial charge is 0.0370 e. The molecule has 2 aromatic carbocycles. The predicted molar refractivity (Wildman–Crippen MR) is 82.9 cm³/mol. The van der Waals surface area contributed by atoms with Crippen LogP contribution in [0.3, 0.4) is 0 Å². The number of fused-ring (bicyclic) bond motifs is 1. The molecule has 0 spiro atoms. The van der Waals surface area contributed by atoms with E-state index in [0.29, 0.717) is 0 Å². The molecule has 1 aliphatic heterocycles. The van der Waals surface area contributed by atoms with Gasteiger partial charge in [0.05, 0.1) is 0 Å². The molecule has 0 saturated carbocycles. The van der Waals surface area contributed by atoms with Crippen LogP contribution in [-0.4, -0.2) is 26.2 Å². The Hall–Kier alpha value is -1.54. The van der Waals surface area contributed by atoms with Crippen molar-refractivity contribution in [2.45, 2.75) is 25.3 Å². The number of nitrogens with zero attached hydrogens (tertiary/aromatic N) is 1. The zero-order valence-electron chi connectivity index (χ0n) is 11.6. The maximum Gasteiger partial charge on any atom is 0.0370 e. The predicted octanol–water partition coefficient (Wildman–Crippen LogP) is 3.42. The van der Waals surface area contributed by atoms with Crippen LogP contribution in [0.15, 0.2) is 42.5 Å². The molecule has 3 rings (SSSR count). The Morgan fingerprint density at radius 1 is 1.16 bits per heavy atom. The Morgan fingerprint density at radius 2 is 2.00 bits per heavy atom. The summed E-state index contributed by atoms with van der Waals surface area (Å²) in [6, 6.07) is 16.0. The minimum absolute atomic E-state index is 0.725. The van der Waals surface area contributed by atoms with Crippen molar-refractivity contribution in [2.75, 3.05) is 25.0 Å². The van der Waals surface area contributed by atoms with E-state index in [9.17, 15) is 0 Å². The van der Waals surface area contributed by atoms with Crippen LogP contribution >= 0.6 is 0 Å². The zero-order valence-corrected chi connectivity index (χ0v) is 11.6. The van der Waals surface area contributed by atoms with E-state index in [1.807, 2.05) is 0 Å². The summed E-state index contributed by atoms with van der Waals surface area (Å²) in [6.07, 6.45) is 3.92. The third-order valence-corrected chi connectivity index (χ3v) is 4.15. The van der Waals surface area contributed by atoms with Crippen molar-refractivity contribution in [3.8, 4) is 0 Å². The van der Waals surface area contributed by atoms with Gasteiger partial charge in [-0.2, -0.15) is 0 Å². The quantitative estimate of drug-likeness (QED) is 0.899. The van der Waals surface area contributed by atoms with E-state index >= 15 is 0 Å². The van der Waals surface area contributed by atoms with Crippen molar-refractivity contribution in [1.29, 1.82) is 0 Å². The van der Waals surface area contributed by atoms with Crippen LogP contribution in [0.5, 0.6) is 0 Å². The third-order valence-electron chi connectivity index (χ3n) is 4.15. The lowest BCUT2D eigenvalue weighted by molar-refractivity contribution is 0.559. The highest BCUT2D eigenvalue weighted by Gasteiger charge is 2.14. The van der Waals surface area contributed by atoms with Gasteiger partial charge in [0.1, 0.15) is 0 Å². The first-order valence-electron chi connectivity index (χ1n) is 7.26. The van der Waals surface area contributed by atoms with E-state index in [1.54, 1.807) is 0 Å². The van der Waals surface area contributed by atoms with Crippen LogP contribution in [0, 0.1) is 0 Å². The summed E-state index contributed by atoms with van der Waals surface area (Å²) >= 11 is 0. The zero-order chi connectivity index (χ0) is 13.1. The van der Waals surface area contributed by atoms with Crippen LogP contribution < -0.4 is 10.2 Å². The second-order valence-corrected chi connectivity index (χ2v) is 5.53. The average Bonchev–Trinajstić information content (AvgIpc) is 2.97. The highest BCUT2D eigenvalue weighted by atomic mass is 15.1. The van der Waals surface area contributed by atoms with Gasteiger partial charge in [-0.1, -0.05) is 30.3 Å². The van der Waals surface area contributed by atoms with Gasteiger partial charge >= 0.3 is 0 Å². The Morgan fingerprint density at radius 3 is 2.79 bits per heavy atom. The van der Waals surface area contributed by atoms with Crippen LogP contribution in [0.2, 0.25) is 0 Å². The number of hydrogen-bond donors (Lipinski definition) is 1. The van der Waals surface area contributed by atoms with E-state index in [1.165, 1.54) is 42.3 Å². The molecule has 19 heavy (non-hydrogen) atoms. The molecule has 0 aliphatic carbocycles. The molecule has 1 unspecified atom stereocenters. The molecule has 0 bridgehead atoms. The van der Waals surface area contributed by atoms with Gasteiger partial charge in [0.2, 0.25) is 0 Å². The molecule has 1 atom stereocenters. The van der Waals surface area contributed by atoms with Crippen molar-refractivity contribution in [1.82, 2.24) is 5.32 Å². The summed E-state index contributed by atoms with van der Waals surface area (Å²) in [7, 11) is 2.19. The first-order valence-corrected chi connectivity index (χ1v) is 7.26. The molecule has 2 heteroatoms. The number of anilines is 1. The first-order chi connectivity index (χ1) is 9.33. The Labute approximate surface area is 115 Å². The van der Waals surface area contributed by atoms with Crippen molar-refractivity contribution in [2.24, 2.45) is 0 Å². The molecule has 0 aromatic heterocycles. The summed E-state index contributed by atoms with van der Waals surface area (Å²) in [6.45, 7) is 2.32. The lowest BCUT2D eigenvalue weighted by Crippen LogP contribution is -2.28. The molecule has 1 N–H and O–H groups in total. The number of rotatable bonds is 4. The fourth-order valence-corrected chi connectivity index (χ4v) is 2.90. The van der Waals surface area contributed by atoms with Crippen LogP contribution in [0.1, 0.15) is 19.3 Å². The standard InChI is InChI=1S/C17H22N2/c1-19(12-10-16-7-4-11-18-16)17-9-8-14-5-2-3-6-15(14)13-17/h2-3,5-6,8-9,13,16,18H,4,7,10-12H2,1H3. The van der Waals surface area contributed by atoms with Gasteiger partial charge in [-0.05, 0) is 48.7 Å². The van der Waals surface area contributed by atoms with Gasteiger partial charge in [-0.3, -0.25) is 0 Å². The van der Waals surface area contributed by atoms with Gasteiger partial charge in [0, 0.05) is 25.3 Å². The van der Waals surface area contributed by atoms with Gasteiger partial charge in [0.25, 0.3) is 0 Å². The molecule has 1 heterocycles. The summed E-state index contributed by atoms with van der Waals surface area (Å²) in [5.41, 5.74) is 1.32. The summed E-state index contributed by atoms with van der Waals surface area (Å²) in [5.74, 6) is 0. The van der Waals surface area contributed by atoms with Crippen molar-refractivity contribution >= 4 is 16.5 Å². The van der Waals surface area contributed by atoms with Gasteiger partial charge in [-0.15, -0.1) is 0 Å². The molecule has 2 aromatic rings. The molecule has 0 radical (unpaired) electrons. The lowest BCUT2D eigenvalue weighted by Gasteiger charge is -2.22. The third kappa shape index (κ3) is 2.90. The van der Waals surface area contributed by atoms with Crippen LogP contribution in [0.4, 0.5) is 5.69 Å². The SMILES string of the molecule is CN(CCC1CCCN1)c1ccc2ccccc2c1. The fraction of sp³-hybridized carbons (Fsp3) is 0.412. The lowest BCUT2D eigenvalue weighted by atomic mass is 10.1. The van der Waals surface area contributed by atoms with E-state index in [0.717, 1.165) is 12.6 Å². The van der Waals surface area contributed by atoms with Crippen molar-refractivity contribution < 1.29 is 0 Å². The minimum Gasteiger partial charge on any atom is -0.375 e. The monoisotopic (exact) mass is 254 g/mol. The molecule has 1 aliphatic rings. The van der Waals surface area contributed by atoms with Gasteiger partial charge in [0.15, 0.2) is 0 Å². The summed E-state index contributed by atoms with van der Waals surface area (Å²) in [5, 5.41) is 6.21. The molecule has 2 nitrogen and oxygen atoms in total. The number of hydrogen-bond acceptors (Lipinski definition) is 2. The van der Waals surface area contributed by atoms with E-state index < -0.39 is 0 Å². The van der Waals surface area contributed by atoms with Crippen LogP contribution in [0.25, 0.3) is 10.8 Å². The normalized spacial score (nSPS) is 18.9. The van der Waals surface area contributed by atoms with E-state index in [-0.39, 0.29) is 0 Å². The fourth-order valence-electron chi connectivity index (χ4n) is 2.90. The summed E-state index contributed by atoms with van der Waals surface area (Å²) in [4.78, 5) is 2.37. The topological polar surface area (TPSA) is 15.3 Å². The van der Waals surface area contributed by atoms with Gasteiger partial charge < -0.3 is 10.2 Å². The Kier molecular flexibility index (Phi) is 3.69. The maximum atomic E-state index is 3.57. The minimum atomic E-state index is 0.725. The Bertz CT molecular complexity index is 544. The van der Waals surface area contributed by atoms with Gasteiger partial charge in [-0.25, -0.2) is 0 Å². The number of benzene rings is 2. The second-order valence-electron chi connectivity index (χ2n) is 5.53. The van der Waals surface area contributed by atoms with E-state index in [2.05, 4.69) is 59.7 Å². The largest absolute Gasteiger partial charge is 0.375 e. The molecule has 1 fully saturated rings. The Balaban J connectivity index is 1.68. The average molecular weight is 254 g/mol. The van der Waals surface area contributed by atoms with E-state index in [4.69, 9.17) is 0 Å². The highest BCUT2D eigenvalue weighted by molar-refractivity contribution is 5.85. The molecule has 1 saturated heterocycles. The number of nitrogens with one attached hydrogen (secondary N) is 1. The van der Waals surface area contributed by atoms with Crippen LogP contribution in [-0.2, 0) is 0 Å². The van der Waals surface area contributed by atoms with Crippen molar-refractivity contribution in [3.63, 3.8) is 0 Å². The molecular formula is C17H22N2. The maximum absolute atomic E-state index is 3.57. The van der Waals surface area contributed by atoms with Crippen molar-refractivity contribution in [3.05, 3.63) is 42.5 Å². The molecule has 100 valence electrons. The highest BCUT2D eigenvalue weighted by Crippen LogP contribution is 2.22. The second kappa shape index (κ2) is 5.62. The molecule has 0 amide bonds.